The van der Waals surface area contributed by atoms with Crippen LogP contribution in [0.4, 0.5) is 0 Å². The van der Waals surface area contributed by atoms with Crippen molar-refractivity contribution < 1.29 is 14.5 Å². The summed E-state index contributed by atoms with van der Waals surface area (Å²) in [5, 5.41) is 6.34. The normalized spacial score (nSPS) is 24.0. The SMILES string of the molecule is O=C(C[NH+]1CCC(NC(=O)c2ccccc2Br)CC1)NC1CCCCC1. The Balaban J connectivity index is 1.39. The molecule has 5 nitrogen and oxygen atoms in total. The van der Waals surface area contributed by atoms with E-state index in [4.69, 9.17) is 0 Å². The van der Waals surface area contributed by atoms with E-state index >= 15 is 0 Å². The van der Waals surface area contributed by atoms with Crippen molar-refractivity contribution in [2.45, 2.75) is 57.0 Å². The number of halogens is 1. The molecule has 0 bridgehead atoms. The number of likely N-dealkylation sites (tertiary alicyclic amines) is 1. The molecule has 3 rings (SSSR count). The molecular formula is C20H29BrN3O2+. The first-order valence-electron chi connectivity index (χ1n) is 9.80. The van der Waals surface area contributed by atoms with E-state index in [1.54, 1.807) is 0 Å². The lowest BCUT2D eigenvalue weighted by Gasteiger charge is -2.30. The van der Waals surface area contributed by atoms with E-state index in [0.29, 0.717) is 18.2 Å². The fourth-order valence-electron chi connectivity index (χ4n) is 4.01. The molecule has 26 heavy (non-hydrogen) atoms. The van der Waals surface area contributed by atoms with Gasteiger partial charge in [-0.05, 0) is 40.9 Å². The summed E-state index contributed by atoms with van der Waals surface area (Å²) in [6.45, 7) is 2.42. The van der Waals surface area contributed by atoms with E-state index in [9.17, 15) is 9.59 Å². The van der Waals surface area contributed by atoms with Gasteiger partial charge in [0, 0.05) is 29.4 Å². The number of hydrogen-bond donors (Lipinski definition) is 3. The molecule has 2 amide bonds. The molecule has 1 saturated heterocycles. The molecule has 0 radical (unpaired) electrons. The molecule has 0 spiro atoms. The van der Waals surface area contributed by atoms with E-state index in [0.717, 1.165) is 43.2 Å². The third kappa shape index (κ3) is 5.55. The summed E-state index contributed by atoms with van der Waals surface area (Å²) >= 11 is 3.43. The van der Waals surface area contributed by atoms with Gasteiger partial charge < -0.3 is 15.5 Å². The van der Waals surface area contributed by atoms with Gasteiger partial charge in [0.05, 0.1) is 18.7 Å². The van der Waals surface area contributed by atoms with E-state index in [1.165, 1.54) is 24.2 Å². The molecule has 1 heterocycles. The van der Waals surface area contributed by atoms with Crippen LogP contribution < -0.4 is 15.5 Å². The molecule has 2 fully saturated rings. The highest BCUT2D eigenvalue weighted by molar-refractivity contribution is 9.10. The maximum Gasteiger partial charge on any atom is 0.275 e. The molecule has 2 aliphatic rings. The van der Waals surface area contributed by atoms with Crippen molar-refractivity contribution in [3.63, 3.8) is 0 Å². The van der Waals surface area contributed by atoms with Crippen LogP contribution >= 0.6 is 15.9 Å². The molecule has 3 N–H and O–H groups in total. The molecule has 0 atom stereocenters. The number of rotatable bonds is 5. The minimum absolute atomic E-state index is 0.0269. The Labute approximate surface area is 164 Å². The smallest absolute Gasteiger partial charge is 0.275 e. The number of quaternary nitrogens is 1. The Bertz CT molecular complexity index is 623. The van der Waals surface area contributed by atoms with Crippen molar-refractivity contribution in [3.8, 4) is 0 Å². The lowest BCUT2D eigenvalue weighted by atomic mass is 9.95. The van der Waals surface area contributed by atoms with Gasteiger partial charge in [0.15, 0.2) is 6.54 Å². The predicted octanol–water partition coefficient (Wildman–Crippen LogP) is 1.68. The summed E-state index contributed by atoms with van der Waals surface area (Å²) in [6, 6.07) is 8.07. The van der Waals surface area contributed by atoms with Crippen molar-refractivity contribution in [2.24, 2.45) is 0 Å². The highest BCUT2D eigenvalue weighted by atomic mass is 79.9. The van der Waals surface area contributed by atoms with Crippen LogP contribution in [0.25, 0.3) is 0 Å². The molecule has 6 heteroatoms. The van der Waals surface area contributed by atoms with Crippen molar-refractivity contribution in [3.05, 3.63) is 34.3 Å². The van der Waals surface area contributed by atoms with Gasteiger partial charge in [-0.15, -0.1) is 0 Å². The summed E-state index contributed by atoms with van der Waals surface area (Å²) in [7, 11) is 0. The molecule has 1 saturated carbocycles. The Morgan fingerprint density at radius 1 is 0.962 bits per heavy atom. The highest BCUT2D eigenvalue weighted by Gasteiger charge is 2.26. The average Bonchev–Trinajstić information content (AvgIpc) is 2.64. The van der Waals surface area contributed by atoms with Gasteiger partial charge in [-0.3, -0.25) is 9.59 Å². The van der Waals surface area contributed by atoms with Gasteiger partial charge >= 0.3 is 0 Å². The molecule has 1 aliphatic carbocycles. The van der Waals surface area contributed by atoms with E-state index < -0.39 is 0 Å². The van der Waals surface area contributed by atoms with Crippen molar-refractivity contribution in [2.75, 3.05) is 19.6 Å². The summed E-state index contributed by atoms with van der Waals surface area (Å²) in [5.41, 5.74) is 0.675. The molecule has 1 aromatic rings. The zero-order valence-electron chi connectivity index (χ0n) is 15.2. The summed E-state index contributed by atoms with van der Waals surface area (Å²) < 4.78 is 0.819. The monoisotopic (exact) mass is 422 g/mol. The fourth-order valence-corrected chi connectivity index (χ4v) is 4.47. The Kier molecular flexibility index (Phi) is 7.08. The van der Waals surface area contributed by atoms with Crippen LogP contribution in [0.1, 0.15) is 55.3 Å². The maximum absolute atomic E-state index is 12.4. The standard InChI is InChI=1S/C20H28BrN3O2/c21-18-9-5-4-8-17(18)20(26)23-16-10-12-24(13-11-16)14-19(25)22-15-6-2-1-3-7-15/h4-5,8-9,15-16H,1-3,6-7,10-14H2,(H,22,25)(H,23,26)/p+1. The second-order valence-corrected chi connectivity index (χ2v) is 8.41. The molecule has 0 aromatic heterocycles. The zero-order valence-corrected chi connectivity index (χ0v) is 16.8. The number of carbonyl (C=O) groups is 2. The quantitative estimate of drug-likeness (QED) is 0.675. The number of nitrogens with one attached hydrogen (secondary N) is 3. The minimum Gasteiger partial charge on any atom is -0.349 e. The number of hydrogen-bond acceptors (Lipinski definition) is 2. The van der Waals surface area contributed by atoms with E-state index in [-0.39, 0.29) is 17.9 Å². The lowest BCUT2D eigenvalue weighted by Crippen LogP contribution is -3.14. The Morgan fingerprint density at radius 2 is 1.62 bits per heavy atom. The molecule has 1 aromatic carbocycles. The van der Waals surface area contributed by atoms with Crippen LogP contribution in [0.2, 0.25) is 0 Å². The number of piperidine rings is 1. The number of amides is 2. The van der Waals surface area contributed by atoms with Crippen LogP contribution in [-0.4, -0.2) is 43.5 Å². The molecule has 142 valence electrons. The van der Waals surface area contributed by atoms with Crippen LogP contribution in [0, 0.1) is 0 Å². The van der Waals surface area contributed by atoms with Crippen LogP contribution in [0.15, 0.2) is 28.7 Å². The van der Waals surface area contributed by atoms with Crippen LogP contribution in [-0.2, 0) is 4.79 Å². The zero-order chi connectivity index (χ0) is 18.4. The van der Waals surface area contributed by atoms with E-state index in [1.807, 2.05) is 24.3 Å². The second kappa shape index (κ2) is 9.51. The third-order valence-electron chi connectivity index (χ3n) is 5.53. The third-order valence-corrected chi connectivity index (χ3v) is 6.22. The van der Waals surface area contributed by atoms with Gasteiger partial charge in [-0.2, -0.15) is 0 Å². The number of carbonyl (C=O) groups excluding carboxylic acids is 2. The largest absolute Gasteiger partial charge is 0.349 e. The van der Waals surface area contributed by atoms with Gasteiger partial charge in [-0.25, -0.2) is 0 Å². The predicted molar refractivity (Wildman–Crippen MR) is 105 cm³/mol. The first-order chi connectivity index (χ1) is 12.6. The molecule has 1 aliphatic heterocycles. The van der Waals surface area contributed by atoms with Crippen LogP contribution in [0.5, 0.6) is 0 Å². The van der Waals surface area contributed by atoms with Crippen molar-refractivity contribution in [1.29, 1.82) is 0 Å². The molecule has 0 unspecified atom stereocenters. The fraction of sp³-hybridized carbons (Fsp3) is 0.600. The van der Waals surface area contributed by atoms with Crippen LogP contribution in [0.3, 0.4) is 0 Å². The van der Waals surface area contributed by atoms with E-state index in [2.05, 4.69) is 26.6 Å². The number of benzene rings is 1. The second-order valence-electron chi connectivity index (χ2n) is 7.56. The molecular weight excluding hydrogens is 394 g/mol. The summed E-state index contributed by atoms with van der Waals surface area (Å²) in [6.07, 6.45) is 7.87. The summed E-state index contributed by atoms with van der Waals surface area (Å²) in [4.78, 5) is 26.0. The summed E-state index contributed by atoms with van der Waals surface area (Å²) in [5.74, 6) is 0.156. The van der Waals surface area contributed by atoms with Gasteiger partial charge in [0.25, 0.3) is 11.8 Å². The maximum atomic E-state index is 12.4. The van der Waals surface area contributed by atoms with Gasteiger partial charge in [0.2, 0.25) is 0 Å². The first-order valence-corrected chi connectivity index (χ1v) is 10.6. The Hall–Kier alpha value is -1.40. The first kappa shape index (κ1) is 19.4. The van der Waals surface area contributed by atoms with Crippen molar-refractivity contribution in [1.82, 2.24) is 10.6 Å². The Morgan fingerprint density at radius 3 is 2.31 bits per heavy atom. The topological polar surface area (TPSA) is 62.6 Å². The average molecular weight is 423 g/mol. The lowest BCUT2D eigenvalue weighted by molar-refractivity contribution is -0.897. The highest BCUT2D eigenvalue weighted by Crippen LogP contribution is 2.17. The van der Waals surface area contributed by atoms with Crippen molar-refractivity contribution >= 4 is 27.7 Å². The van der Waals surface area contributed by atoms with Gasteiger partial charge in [0.1, 0.15) is 0 Å². The van der Waals surface area contributed by atoms with Gasteiger partial charge in [-0.1, -0.05) is 31.4 Å². The minimum atomic E-state index is -0.0269.